The Balaban J connectivity index is 2.39. The van der Waals surface area contributed by atoms with Crippen molar-refractivity contribution >= 4 is 11.6 Å². The second kappa shape index (κ2) is 4.84. The zero-order chi connectivity index (χ0) is 12.4. The van der Waals surface area contributed by atoms with Crippen molar-refractivity contribution in [1.29, 1.82) is 0 Å². The van der Waals surface area contributed by atoms with Crippen molar-refractivity contribution < 1.29 is 8.78 Å². The molecule has 3 heteroatoms. The summed E-state index contributed by atoms with van der Waals surface area (Å²) in [5.74, 6) is -0.678. The number of benzene rings is 2. The highest BCUT2D eigenvalue weighted by molar-refractivity contribution is 6.22. The lowest BCUT2D eigenvalue weighted by molar-refractivity contribution is 0.611. The largest absolute Gasteiger partial charge is 0.207 e. The molecule has 0 aliphatic rings. The lowest BCUT2D eigenvalue weighted by Gasteiger charge is -2.12. The summed E-state index contributed by atoms with van der Waals surface area (Å²) >= 11 is 6.20. The van der Waals surface area contributed by atoms with Gasteiger partial charge < -0.3 is 0 Å². The molecule has 0 aliphatic carbocycles. The molecule has 0 amide bonds. The maximum atomic E-state index is 13.6. The van der Waals surface area contributed by atoms with Gasteiger partial charge in [0.05, 0.1) is 5.38 Å². The third kappa shape index (κ3) is 2.64. The summed E-state index contributed by atoms with van der Waals surface area (Å²) in [5.41, 5.74) is 2.03. The lowest BCUT2D eigenvalue weighted by atomic mass is 10.0. The Labute approximate surface area is 104 Å². The number of hydrogen-bond donors (Lipinski definition) is 0. The Morgan fingerprint density at radius 2 is 1.65 bits per heavy atom. The van der Waals surface area contributed by atoms with E-state index >= 15 is 0 Å². The van der Waals surface area contributed by atoms with Gasteiger partial charge in [0.2, 0.25) is 0 Å². The first-order valence-electron chi connectivity index (χ1n) is 5.23. The predicted molar refractivity (Wildman–Crippen MR) is 65.2 cm³/mol. The van der Waals surface area contributed by atoms with Crippen LogP contribution in [0.25, 0.3) is 0 Å². The molecule has 17 heavy (non-hydrogen) atoms. The third-order valence-corrected chi connectivity index (χ3v) is 3.07. The molecular formula is C14H11ClF2. The van der Waals surface area contributed by atoms with Gasteiger partial charge in [0.25, 0.3) is 0 Å². The van der Waals surface area contributed by atoms with E-state index < -0.39 is 5.38 Å². The summed E-state index contributed by atoms with van der Waals surface area (Å²) in [7, 11) is 0. The first-order valence-corrected chi connectivity index (χ1v) is 5.67. The Morgan fingerprint density at radius 3 is 2.29 bits per heavy atom. The topological polar surface area (TPSA) is 0 Å². The first kappa shape index (κ1) is 12.1. The summed E-state index contributed by atoms with van der Waals surface area (Å²) < 4.78 is 26.4. The molecule has 0 bridgehead atoms. The van der Waals surface area contributed by atoms with Crippen LogP contribution in [0.15, 0.2) is 42.5 Å². The average Bonchev–Trinajstić information content (AvgIpc) is 2.32. The van der Waals surface area contributed by atoms with Crippen molar-refractivity contribution in [3.63, 3.8) is 0 Å². The Morgan fingerprint density at radius 1 is 1.00 bits per heavy atom. The van der Waals surface area contributed by atoms with Gasteiger partial charge in [-0.2, -0.15) is 0 Å². The molecule has 0 nitrogen and oxygen atoms in total. The van der Waals surface area contributed by atoms with Crippen molar-refractivity contribution in [3.05, 3.63) is 70.8 Å². The summed E-state index contributed by atoms with van der Waals surface area (Å²) in [6.07, 6.45) is 0. The summed E-state index contributed by atoms with van der Waals surface area (Å²) in [6, 6.07) is 10.5. The minimum atomic E-state index is -0.601. The van der Waals surface area contributed by atoms with Gasteiger partial charge in [-0.1, -0.05) is 29.8 Å². The van der Waals surface area contributed by atoms with Gasteiger partial charge in [-0.3, -0.25) is 0 Å². The number of halogens is 3. The van der Waals surface area contributed by atoms with Crippen LogP contribution in [-0.4, -0.2) is 0 Å². The predicted octanol–water partition coefficient (Wildman–Crippen LogP) is 4.60. The fourth-order valence-electron chi connectivity index (χ4n) is 1.67. The second-order valence-corrected chi connectivity index (χ2v) is 4.38. The van der Waals surface area contributed by atoms with E-state index in [1.54, 1.807) is 24.3 Å². The zero-order valence-corrected chi connectivity index (χ0v) is 10.0. The molecular weight excluding hydrogens is 242 g/mol. The molecule has 0 aromatic heterocycles. The standard InChI is InChI=1S/C14H11ClF2/c1-9-2-7-13(17)12(8-9)14(15)10-3-5-11(16)6-4-10/h2-8,14H,1H3. The van der Waals surface area contributed by atoms with Crippen molar-refractivity contribution in [2.24, 2.45) is 0 Å². The molecule has 2 rings (SSSR count). The highest BCUT2D eigenvalue weighted by atomic mass is 35.5. The van der Waals surface area contributed by atoms with Crippen LogP contribution in [0.3, 0.4) is 0 Å². The van der Waals surface area contributed by atoms with Gasteiger partial charge >= 0.3 is 0 Å². The summed E-state index contributed by atoms with van der Waals surface area (Å²) in [4.78, 5) is 0. The van der Waals surface area contributed by atoms with Crippen molar-refractivity contribution in [2.75, 3.05) is 0 Å². The zero-order valence-electron chi connectivity index (χ0n) is 9.25. The molecule has 0 aliphatic heterocycles. The third-order valence-electron chi connectivity index (χ3n) is 2.59. The number of hydrogen-bond acceptors (Lipinski definition) is 0. The molecule has 0 radical (unpaired) electrons. The monoisotopic (exact) mass is 252 g/mol. The van der Waals surface area contributed by atoms with Gasteiger partial charge in [-0.15, -0.1) is 11.6 Å². The molecule has 88 valence electrons. The molecule has 1 atom stereocenters. The van der Waals surface area contributed by atoms with E-state index in [2.05, 4.69) is 0 Å². The SMILES string of the molecule is Cc1ccc(F)c(C(Cl)c2ccc(F)cc2)c1. The molecule has 0 N–H and O–H groups in total. The van der Waals surface area contributed by atoms with Gasteiger partial charge in [-0.25, -0.2) is 8.78 Å². The van der Waals surface area contributed by atoms with Gasteiger partial charge in [0, 0.05) is 5.56 Å². The van der Waals surface area contributed by atoms with E-state index in [0.717, 1.165) is 5.56 Å². The van der Waals surface area contributed by atoms with Crippen molar-refractivity contribution in [1.82, 2.24) is 0 Å². The second-order valence-electron chi connectivity index (χ2n) is 3.94. The van der Waals surface area contributed by atoms with E-state index in [-0.39, 0.29) is 11.6 Å². The molecule has 1 unspecified atom stereocenters. The van der Waals surface area contributed by atoms with Crippen LogP contribution in [0, 0.1) is 18.6 Å². The summed E-state index contributed by atoms with van der Waals surface area (Å²) in [6.45, 7) is 1.87. The Hall–Kier alpha value is -1.41. The maximum Gasteiger partial charge on any atom is 0.128 e. The van der Waals surface area contributed by atoms with Gasteiger partial charge in [0.15, 0.2) is 0 Å². The molecule has 0 heterocycles. The van der Waals surface area contributed by atoms with Crippen LogP contribution in [0.1, 0.15) is 22.1 Å². The minimum Gasteiger partial charge on any atom is -0.207 e. The smallest absolute Gasteiger partial charge is 0.128 e. The molecule has 2 aromatic carbocycles. The van der Waals surface area contributed by atoms with E-state index in [0.29, 0.717) is 11.1 Å². The van der Waals surface area contributed by atoms with Crippen LogP contribution in [0.5, 0.6) is 0 Å². The van der Waals surface area contributed by atoms with Crippen LogP contribution in [0.4, 0.5) is 8.78 Å². The van der Waals surface area contributed by atoms with E-state index in [1.165, 1.54) is 18.2 Å². The minimum absolute atomic E-state index is 0.331. The summed E-state index contributed by atoms with van der Waals surface area (Å²) in [5, 5.41) is -0.601. The van der Waals surface area contributed by atoms with E-state index in [9.17, 15) is 8.78 Å². The van der Waals surface area contributed by atoms with E-state index in [4.69, 9.17) is 11.6 Å². The Bertz CT molecular complexity index is 520. The number of alkyl halides is 1. The van der Waals surface area contributed by atoms with Crippen LogP contribution >= 0.6 is 11.6 Å². The van der Waals surface area contributed by atoms with Crippen LogP contribution in [-0.2, 0) is 0 Å². The molecule has 0 fully saturated rings. The first-order chi connectivity index (χ1) is 8.08. The molecule has 0 spiro atoms. The highest BCUT2D eigenvalue weighted by Gasteiger charge is 2.15. The highest BCUT2D eigenvalue weighted by Crippen LogP contribution is 2.31. The van der Waals surface area contributed by atoms with Crippen molar-refractivity contribution in [3.8, 4) is 0 Å². The molecule has 2 aromatic rings. The fourth-order valence-corrected chi connectivity index (χ4v) is 1.98. The fraction of sp³-hybridized carbons (Fsp3) is 0.143. The van der Waals surface area contributed by atoms with Crippen molar-refractivity contribution in [2.45, 2.75) is 12.3 Å². The molecule has 0 saturated carbocycles. The number of aryl methyl sites for hydroxylation is 1. The maximum absolute atomic E-state index is 13.6. The number of rotatable bonds is 2. The normalized spacial score (nSPS) is 12.5. The average molecular weight is 253 g/mol. The lowest BCUT2D eigenvalue weighted by Crippen LogP contribution is -1.97. The van der Waals surface area contributed by atoms with Crippen LogP contribution in [0.2, 0.25) is 0 Å². The Kier molecular flexibility index (Phi) is 3.43. The van der Waals surface area contributed by atoms with Crippen LogP contribution < -0.4 is 0 Å². The van der Waals surface area contributed by atoms with E-state index in [1.807, 2.05) is 6.92 Å². The molecule has 0 saturated heterocycles. The quantitative estimate of drug-likeness (QED) is 0.685. The van der Waals surface area contributed by atoms with Gasteiger partial charge in [0.1, 0.15) is 11.6 Å². The van der Waals surface area contributed by atoms with Gasteiger partial charge in [-0.05, 0) is 30.7 Å².